The van der Waals surface area contributed by atoms with Gasteiger partial charge in [0.05, 0.1) is 17.9 Å². The molecule has 1 atom stereocenters. The van der Waals surface area contributed by atoms with Crippen LogP contribution in [-0.2, 0) is 14.8 Å². The quantitative estimate of drug-likeness (QED) is 0.314. The molecule has 0 bridgehead atoms. The van der Waals surface area contributed by atoms with Crippen molar-refractivity contribution in [1.29, 1.82) is 0 Å². The third kappa shape index (κ3) is 7.67. The van der Waals surface area contributed by atoms with Gasteiger partial charge in [0.2, 0.25) is 21.8 Å². The maximum Gasteiger partial charge on any atom is 0.243 e. The van der Waals surface area contributed by atoms with Crippen LogP contribution in [0.1, 0.15) is 50.5 Å². The number of amides is 1. The van der Waals surface area contributed by atoms with Gasteiger partial charge in [0.25, 0.3) is 0 Å². The van der Waals surface area contributed by atoms with E-state index in [1.165, 1.54) is 28.5 Å². The molecule has 1 aliphatic rings. The minimum atomic E-state index is -3.62. The summed E-state index contributed by atoms with van der Waals surface area (Å²) in [5, 5.41) is 3.48. The normalized spacial score (nSPS) is 15.0. The predicted molar refractivity (Wildman–Crippen MR) is 159 cm³/mol. The lowest BCUT2D eigenvalue weighted by Gasteiger charge is -2.23. The Labute approximate surface area is 241 Å². The van der Waals surface area contributed by atoms with Gasteiger partial charge in [-0.25, -0.2) is 18.4 Å². The third-order valence-electron chi connectivity index (χ3n) is 7.10. The van der Waals surface area contributed by atoms with Crippen molar-refractivity contribution in [2.45, 2.75) is 49.8 Å². The molecule has 39 heavy (non-hydrogen) atoms. The molecule has 1 fully saturated rings. The second-order valence-electron chi connectivity index (χ2n) is 9.99. The van der Waals surface area contributed by atoms with E-state index in [-0.39, 0.29) is 23.2 Å². The molecule has 1 aliphatic carbocycles. The molecule has 4 rings (SSSR count). The molecule has 0 spiro atoms. The van der Waals surface area contributed by atoms with Gasteiger partial charge in [-0.15, -0.1) is 12.4 Å². The number of nitrogens with one attached hydrogen (secondary N) is 1. The number of carbonyl (C=O) groups is 1. The van der Waals surface area contributed by atoms with Gasteiger partial charge in [0.15, 0.2) is 5.13 Å². The monoisotopic (exact) mass is 595 g/mol. The zero-order chi connectivity index (χ0) is 27.3. The SMILES string of the molecule is CCN(CCN(C)C)S(=O)(=O)c1ccc(C(CC2CCCC2)C(=O)Nc2nc3ccc(OC)nc3s2)cc1.Cl. The summed E-state index contributed by atoms with van der Waals surface area (Å²) in [5.74, 6) is 0.425. The van der Waals surface area contributed by atoms with Crippen molar-refractivity contribution in [2.75, 3.05) is 46.2 Å². The van der Waals surface area contributed by atoms with Crippen molar-refractivity contribution < 1.29 is 17.9 Å². The number of likely N-dealkylation sites (N-methyl/N-ethyl adjacent to an activating group) is 2. The molecule has 1 N–H and O–H groups in total. The Balaban J connectivity index is 0.00000420. The number of hydrogen-bond acceptors (Lipinski definition) is 8. The maximum absolute atomic E-state index is 13.6. The van der Waals surface area contributed by atoms with E-state index in [4.69, 9.17) is 4.74 Å². The lowest BCUT2D eigenvalue weighted by atomic mass is 9.87. The first kappa shape index (κ1) is 31.2. The van der Waals surface area contributed by atoms with Crippen LogP contribution in [0.4, 0.5) is 5.13 Å². The summed E-state index contributed by atoms with van der Waals surface area (Å²) in [5.41, 5.74) is 1.51. The van der Waals surface area contributed by atoms with Gasteiger partial charge in [-0.3, -0.25) is 4.79 Å². The second-order valence-corrected chi connectivity index (χ2v) is 12.9. The van der Waals surface area contributed by atoms with E-state index in [2.05, 4.69) is 15.3 Å². The van der Waals surface area contributed by atoms with Crippen LogP contribution in [0, 0.1) is 5.92 Å². The number of thiazole rings is 1. The van der Waals surface area contributed by atoms with Gasteiger partial charge in [0.1, 0.15) is 10.3 Å². The van der Waals surface area contributed by atoms with Gasteiger partial charge in [-0.2, -0.15) is 4.31 Å². The zero-order valence-electron chi connectivity index (χ0n) is 22.9. The molecule has 0 saturated heterocycles. The topological polar surface area (TPSA) is 105 Å². The number of methoxy groups -OCH3 is 1. The molecule has 0 aliphatic heterocycles. The van der Waals surface area contributed by atoms with E-state index < -0.39 is 15.9 Å². The average Bonchev–Trinajstić information content (AvgIpc) is 3.56. The number of halogens is 1. The molecule has 1 amide bonds. The Morgan fingerprint density at radius 1 is 1.10 bits per heavy atom. The Morgan fingerprint density at radius 2 is 1.79 bits per heavy atom. The fourth-order valence-corrected chi connectivity index (χ4v) is 7.19. The average molecular weight is 596 g/mol. The number of rotatable bonds is 12. The van der Waals surface area contributed by atoms with Crippen molar-refractivity contribution in [1.82, 2.24) is 19.2 Å². The van der Waals surface area contributed by atoms with Crippen molar-refractivity contribution in [3.63, 3.8) is 0 Å². The first-order chi connectivity index (χ1) is 18.2. The number of aromatic nitrogens is 2. The highest BCUT2D eigenvalue weighted by molar-refractivity contribution is 7.89. The molecule has 1 saturated carbocycles. The molecule has 1 unspecified atom stereocenters. The summed E-state index contributed by atoms with van der Waals surface area (Å²) in [6.07, 6.45) is 5.30. The summed E-state index contributed by atoms with van der Waals surface area (Å²) >= 11 is 1.31. The Bertz CT molecular complexity index is 1340. The number of anilines is 1. The largest absolute Gasteiger partial charge is 0.481 e. The van der Waals surface area contributed by atoms with Crippen LogP contribution < -0.4 is 10.1 Å². The minimum Gasteiger partial charge on any atom is -0.481 e. The highest BCUT2D eigenvalue weighted by Gasteiger charge is 2.29. The second kappa shape index (κ2) is 13.8. The molecule has 12 heteroatoms. The number of sulfonamides is 1. The van der Waals surface area contributed by atoms with Crippen molar-refractivity contribution >= 4 is 55.2 Å². The van der Waals surface area contributed by atoms with E-state index in [1.807, 2.05) is 32.0 Å². The smallest absolute Gasteiger partial charge is 0.243 e. The first-order valence-electron chi connectivity index (χ1n) is 13.1. The van der Waals surface area contributed by atoms with Crippen LogP contribution in [0.15, 0.2) is 41.3 Å². The summed E-state index contributed by atoms with van der Waals surface area (Å²) in [7, 11) is 1.79. The van der Waals surface area contributed by atoms with Crippen LogP contribution in [0.5, 0.6) is 5.88 Å². The maximum atomic E-state index is 13.6. The van der Waals surface area contributed by atoms with E-state index in [0.717, 1.165) is 24.8 Å². The number of hydrogen-bond donors (Lipinski definition) is 1. The van der Waals surface area contributed by atoms with Crippen LogP contribution in [-0.4, -0.2) is 74.3 Å². The molecule has 1 aromatic carbocycles. The summed E-state index contributed by atoms with van der Waals surface area (Å²) in [6.45, 7) is 3.30. The number of fused-ring (bicyclic) bond motifs is 1. The lowest BCUT2D eigenvalue weighted by molar-refractivity contribution is -0.118. The van der Waals surface area contributed by atoms with Crippen LogP contribution in [0.2, 0.25) is 0 Å². The molecular weight excluding hydrogens is 558 g/mol. The highest BCUT2D eigenvalue weighted by atomic mass is 35.5. The van der Waals surface area contributed by atoms with Gasteiger partial charge in [-0.1, -0.05) is 56.1 Å². The van der Waals surface area contributed by atoms with Crippen LogP contribution >= 0.6 is 23.7 Å². The minimum absolute atomic E-state index is 0. The Hall–Kier alpha value is -2.31. The number of ether oxygens (including phenoxy) is 1. The van der Waals surface area contributed by atoms with E-state index in [1.54, 1.807) is 37.4 Å². The number of benzene rings is 1. The zero-order valence-corrected chi connectivity index (χ0v) is 25.4. The highest BCUT2D eigenvalue weighted by Crippen LogP contribution is 2.36. The summed E-state index contributed by atoms with van der Waals surface area (Å²) in [4.78, 5) is 25.4. The summed E-state index contributed by atoms with van der Waals surface area (Å²) in [6, 6.07) is 10.4. The number of nitrogens with zero attached hydrogens (tertiary/aromatic N) is 4. The molecule has 214 valence electrons. The van der Waals surface area contributed by atoms with E-state index in [0.29, 0.717) is 46.9 Å². The molecule has 3 aromatic rings. The molecule has 9 nitrogen and oxygen atoms in total. The van der Waals surface area contributed by atoms with Crippen LogP contribution in [0.3, 0.4) is 0 Å². The fraction of sp³-hybridized carbons (Fsp3) is 0.519. The van der Waals surface area contributed by atoms with Gasteiger partial charge in [-0.05, 0) is 50.2 Å². The van der Waals surface area contributed by atoms with Crippen LogP contribution in [0.25, 0.3) is 10.3 Å². The number of carbonyl (C=O) groups excluding carboxylic acids is 1. The third-order valence-corrected chi connectivity index (χ3v) is 9.97. The molecule has 0 radical (unpaired) electrons. The standard InChI is InChI=1S/C27H37N5O4S2.ClH/c1-5-32(17-16-31(2)3)38(34,35)21-12-10-20(11-13-21)22(18-19-8-6-7-9-19)25(33)30-27-28-23-14-15-24(36-4)29-26(23)37-27;/h10-15,19,22H,5-9,16-18H2,1-4H3,(H,28,30,33);1H. The molecule has 2 aromatic heterocycles. The van der Waals surface area contributed by atoms with Crippen molar-refractivity contribution in [3.8, 4) is 5.88 Å². The molecule has 2 heterocycles. The van der Waals surface area contributed by atoms with E-state index >= 15 is 0 Å². The molecular formula is C27H38ClN5O4S2. The number of pyridine rings is 1. The fourth-order valence-electron chi connectivity index (χ4n) is 4.91. The van der Waals surface area contributed by atoms with Crippen molar-refractivity contribution in [3.05, 3.63) is 42.0 Å². The van der Waals surface area contributed by atoms with Gasteiger partial charge in [0, 0.05) is 25.7 Å². The van der Waals surface area contributed by atoms with Gasteiger partial charge < -0.3 is 15.0 Å². The van der Waals surface area contributed by atoms with Gasteiger partial charge >= 0.3 is 0 Å². The lowest BCUT2D eigenvalue weighted by Crippen LogP contribution is -2.36. The predicted octanol–water partition coefficient (Wildman–Crippen LogP) is 5.00. The first-order valence-corrected chi connectivity index (χ1v) is 15.3. The Morgan fingerprint density at radius 3 is 2.41 bits per heavy atom. The van der Waals surface area contributed by atoms with Crippen molar-refractivity contribution in [2.24, 2.45) is 5.92 Å². The Kier molecular flexibility index (Phi) is 11.1. The van der Waals surface area contributed by atoms with E-state index in [9.17, 15) is 13.2 Å². The summed E-state index contributed by atoms with van der Waals surface area (Å²) < 4.78 is 33.2.